The predicted octanol–water partition coefficient (Wildman–Crippen LogP) is 2.18. The van der Waals surface area contributed by atoms with E-state index in [-0.39, 0.29) is 17.3 Å². The number of aliphatic hydroxyl groups is 2. The minimum atomic E-state index is -1.51. The van der Waals surface area contributed by atoms with E-state index in [4.69, 9.17) is 9.47 Å². The fourth-order valence-electron chi connectivity index (χ4n) is 2.78. The molecule has 0 radical (unpaired) electrons. The maximum Gasteiger partial charge on any atom is 0.295 e. The molecule has 2 N–H and O–H groups in total. The smallest absolute Gasteiger partial charge is 0.295 e. The molecule has 0 saturated heterocycles. The first-order valence-corrected chi connectivity index (χ1v) is 7.62. The maximum atomic E-state index is 11.8. The molecular formula is C16H24O5. The molecule has 2 aliphatic rings. The average Bonchev–Trinajstić information content (AvgIpc) is 2.70. The highest BCUT2D eigenvalue weighted by molar-refractivity contribution is 6.09. The molecule has 0 spiro atoms. The van der Waals surface area contributed by atoms with Crippen LogP contribution in [0.3, 0.4) is 0 Å². The lowest BCUT2D eigenvalue weighted by Gasteiger charge is -2.40. The largest absolute Gasteiger partial charge is 0.458 e. The van der Waals surface area contributed by atoms with Crippen LogP contribution in [0.15, 0.2) is 23.9 Å². The van der Waals surface area contributed by atoms with E-state index in [2.05, 4.69) is 13.5 Å². The summed E-state index contributed by atoms with van der Waals surface area (Å²) in [5.74, 6) is -0.569. The number of hydrogen-bond acceptors (Lipinski definition) is 5. The Labute approximate surface area is 125 Å². The van der Waals surface area contributed by atoms with E-state index < -0.39 is 23.6 Å². The van der Waals surface area contributed by atoms with Crippen molar-refractivity contribution in [3.63, 3.8) is 0 Å². The Bertz CT molecular complexity index is 463. The van der Waals surface area contributed by atoms with Crippen molar-refractivity contribution in [3.8, 4) is 0 Å². The van der Waals surface area contributed by atoms with Crippen LogP contribution >= 0.6 is 0 Å². The Hall–Kier alpha value is -1.33. The van der Waals surface area contributed by atoms with Gasteiger partial charge in [0.1, 0.15) is 23.4 Å². The van der Waals surface area contributed by atoms with Crippen molar-refractivity contribution in [2.45, 2.75) is 70.2 Å². The highest BCUT2D eigenvalue weighted by atomic mass is 16.7. The zero-order chi connectivity index (χ0) is 15.6. The molecule has 0 amide bonds. The number of Topliss-reactive ketones (excluding diaryl/α,β-unsaturated/α-hetero) is 1. The van der Waals surface area contributed by atoms with Crippen molar-refractivity contribution in [2.75, 3.05) is 0 Å². The van der Waals surface area contributed by atoms with E-state index in [0.29, 0.717) is 6.42 Å². The zero-order valence-electron chi connectivity index (χ0n) is 12.7. The van der Waals surface area contributed by atoms with Gasteiger partial charge in [-0.15, -0.1) is 0 Å². The monoisotopic (exact) mass is 296 g/mol. The summed E-state index contributed by atoms with van der Waals surface area (Å²) in [6.07, 6.45) is 4.16. The Morgan fingerprint density at radius 2 is 1.95 bits per heavy atom. The van der Waals surface area contributed by atoms with Gasteiger partial charge in [-0.2, -0.15) is 0 Å². The van der Waals surface area contributed by atoms with E-state index in [1.165, 1.54) is 19.8 Å². The summed E-state index contributed by atoms with van der Waals surface area (Å²) in [5.41, 5.74) is -1.53. The van der Waals surface area contributed by atoms with Gasteiger partial charge in [0.2, 0.25) is 5.78 Å². The number of rotatable bonds is 6. The molecule has 0 bridgehead atoms. The summed E-state index contributed by atoms with van der Waals surface area (Å²) in [4.78, 5) is 11.8. The van der Waals surface area contributed by atoms with E-state index in [9.17, 15) is 15.0 Å². The molecular weight excluding hydrogens is 272 g/mol. The highest BCUT2D eigenvalue weighted by Gasteiger charge is 2.53. The van der Waals surface area contributed by atoms with Crippen LogP contribution in [-0.4, -0.2) is 33.8 Å². The molecule has 0 fully saturated rings. The number of aliphatic hydroxyl groups excluding tert-OH is 1. The van der Waals surface area contributed by atoms with Crippen LogP contribution in [0.1, 0.15) is 52.4 Å². The second-order valence-electron chi connectivity index (χ2n) is 5.99. The summed E-state index contributed by atoms with van der Waals surface area (Å²) in [5, 5.41) is 20.8. The first-order chi connectivity index (χ1) is 9.89. The first-order valence-electron chi connectivity index (χ1n) is 7.62. The Balaban J connectivity index is 2.03. The second-order valence-corrected chi connectivity index (χ2v) is 5.99. The lowest BCUT2D eigenvalue weighted by molar-refractivity contribution is -0.166. The molecule has 5 heteroatoms. The number of hydrogen-bond donors (Lipinski definition) is 2. The Morgan fingerprint density at radius 3 is 2.62 bits per heavy atom. The fourth-order valence-corrected chi connectivity index (χ4v) is 2.78. The van der Waals surface area contributed by atoms with Gasteiger partial charge in [-0.1, -0.05) is 39.2 Å². The van der Waals surface area contributed by atoms with Crippen molar-refractivity contribution in [1.82, 2.24) is 0 Å². The molecule has 118 valence electrons. The van der Waals surface area contributed by atoms with Gasteiger partial charge in [0.15, 0.2) is 5.76 Å². The summed E-state index contributed by atoms with van der Waals surface area (Å²) in [6.45, 7) is 7.12. The average molecular weight is 296 g/mol. The normalized spacial score (nSPS) is 32.0. The number of carbonyl (C=O) groups is 1. The van der Waals surface area contributed by atoms with Crippen LogP contribution in [0.25, 0.3) is 0 Å². The maximum absolute atomic E-state index is 11.8. The van der Waals surface area contributed by atoms with Gasteiger partial charge in [-0.3, -0.25) is 4.79 Å². The van der Waals surface area contributed by atoms with Gasteiger partial charge in [0.25, 0.3) is 5.95 Å². The number of ketones is 1. The molecule has 21 heavy (non-hydrogen) atoms. The number of carbonyl (C=O) groups excluding carboxylic acids is 1. The molecule has 0 aromatic rings. The fraction of sp³-hybridized carbons (Fsp3) is 0.688. The minimum absolute atomic E-state index is 0.00239. The zero-order valence-corrected chi connectivity index (χ0v) is 12.7. The topological polar surface area (TPSA) is 76.0 Å². The molecule has 3 unspecified atom stereocenters. The van der Waals surface area contributed by atoms with E-state index in [0.717, 1.165) is 19.3 Å². The van der Waals surface area contributed by atoms with Gasteiger partial charge in [-0.05, 0) is 19.8 Å². The summed E-state index contributed by atoms with van der Waals surface area (Å²) < 4.78 is 10.8. The minimum Gasteiger partial charge on any atom is -0.458 e. The molecule has 5 nitrogen and oxygen atoms in total. The van der Waals surface area contributed by atoms with Crippen molar-refractivity contribution in [3.05, 3.63) is 23.9 Å². The van der Waals surface area contributed by atoms with Crippen molar-refractivity contribution in [1.29, 1.82) is 0 Å². The van der Waals surface area contributed by atoms with E-state index in [1.54, 1.807) is 0 Å². The second kappa shape index (κ2) is 6.20. The Kier molecular flexibility index (Phi) is 4.74. The number of ether oxygens (including phenoxy) is 2. The predicted molar refractivity (Wildman–Crippen MR) is 77.1 cm³/mol. The van der Waals surface area contributed by atoms with Crippen LogP contribution in [0.4, 0.5) is 0 Å². The lowest BCUT2D eigenvalue weighted by Crippen LogP contribution is -2.55. The number of unbranched alkanes of at least 4 members (excludes halogenated alkanes) is 4. The molecule has 2 aliphatic heterocycles. The van der Waals surface area contributed by atoms with Gasteiger partial charge < -0.3 is 19.7 Å². The summed E-state index contributed by atoms with van der Waals surface area (Å²) >= 11 is 0. The van der Waals surface area contributed by atoms with Crippen molar-refractivity contribution < 1.29 is 24.5 Å². The standard InChI is InChI=1S/C16H24O5/c1-4-5-6-7-8-9-11-16(3,19)14(18)12-13(17)10(2)20-15(12)21-11/h11,14,18-19H,2,4-9H2,1,3H3. The van der Waals surface area contributed by atoms with Crippen molar-refractivity contribution in [2.24, 2.45) is 0 Å². The quantitative estimate of drug-likeness (QED) is 0.580. The summed E-state index contributed by atoms with van der Waals surface area (Å²) in [7, 11) is 0. The molecule has 0 aliphatic carbocycles. The first kappa shape index (κ1) is 16.0. The van der Waals surface area contributed by atoms with Crippen LogP contribution in [-0.2, 0) is 14.3 Å². The third-order valence-corrected chi connectivity index (χ3v) is 4.23. The van der Waals surface area contributed by atoms with Gasteiger partial charge >= 0.3 is 0 Å². The molecule has 2 heterocycles. The van der Waals surface area contributed by atoms with Crippen LogP contribution in [0.5, 0.6) is 0 Å². The van der Waals surface area contributed by atoms with Gasteiger partial charge in [0, 0.05) is 0 Å². The van der Waals surface area contributed by atoms with E-state index in [1.807, 2.05) is 0 Å². The van der Waals surface area contributed by atoms with Gasteiger partial charge in [-0.25, -0.2) is 0 Å². The molecule has 2 rings (SSSR count). The van der Waals surface area contributed by atoms with Crippen LogP contribution < -0.4 is 0 Å². The third kappa shape index (κ3) is 2.99. The van der Waals surface area contributed by atoms with Gasteiger partial charge in [0.05, 0.1) is 0 Å². The van der Waals surface area contributed by atoms with Crippen molar-refractivity contribution >= 4 is 5.78 Å². The molecule has 0 aromatic heterocycles. The highest BCUT2D eigenvalue weighted by Crippen LogP contribution is 2.40. The molecule has 0 saturated carbocycles. The number of allylic oxidation sites excluding steroid dienone is 1. The lowest BCUT2D eigenvalue weighted by atomic mass is 9.82. The SMILES string of the molecule is C=C1OC2=C(C1=O)C(O)C(C)(O)C(CCCCCCC)O2. The Morgan fingerprint density at radius 1 is 1.29 bits per heavy atom. The molecule has 3 atom stereocenters. The molecule has 0 aromatic carbocycles. The van der Waals surface area contributed by atoms with Crippen LogP contribution in [0, 0.1) is 0 Å². The third-order valence-electron chi connectivity index (χ3n) is 4.23. The summed E-state index contributed by atoms with van der Waals surface area (Å²) in [6, 6.07) is 0. The van der Waals surface area contributed by atoms with Crippen LogP contribution in [0.2, 0.25) is 0 Å². The van der Waals surface area contributed by atoms with E-state index >= 15 is 0 Å².